The summed E-state index contributed by atoms with van der Waals surface area (Å²) in [5.41, 5.74) is 0. The summed E-state index contributed by atoms with van der Waals surface area (Å²) in [7, 11) is 0. The SMILES string of the molecule is CCCCCCCCCCCC/C=C/C(O)C(COC1OC(CO)C(OC2OC(CO)C(OC3OC(CO)C(O)C(O)C3O)C(O)C2O)C(O)C1O)NC(=O)CCCCCCCCCCCCCCCCCCCCCCCC. The lowest BCUT2D eigenvalue weighted by Gasteiger charge is -2.48. The van der Waals surface area contributed by atoms with Crippen LogP contribution in [0, 0.1) is 0 Å². The summed E-state index contributed by atoms with van der Waals surface area (Å²) in [5.74, 6) is -0.272. The molecule has 12 N–H and O–H groups in total. The Hall–Kier alpha value is -1.47. The maximum Gasteiger partial charge on any atom is 0.220 e. The number of rotatable bonds is 47. The van der Waals surface area contributed by atoms with E-state index in [1.165, 1.54) is 161 Å². The van der Waals surface area contributed by atoms with Crippen molar-refractivity contribution in [1.29, 1.82) is 0 Å². The van der Waals surface area contributed by atoms with E-state index in [1.807, 2.05) is 6.08 Å². The zero-order chi connectivity index (χ0) is 57.6. The summed E-state index contributed by atoms with van der Waals surface area (Å²) in [6, 6.07) is -0.966. The van der Waals surface area contributed by atoms with Gasteiger partial charge in [-0.25, -0.2) is 0 Å². The van der Waals surface area contributed by atoms with Crippen molar-refractivity contribution in [3.05, 3.63) is 12.2 Å². The second kappa shape index (κ2) is 44.1. The number of aliphatic hydroxyl groups excluding tert-OH is 11. The molecule has 0 aromatic rings. The quantitative estimate of drug-likeness (QED) is 0.0240. The van der Waals surface area contributed by atoms with Crippen LogP contribution in [-0.4, -0.2) is 193 Å². The zero-order valence-electron chi connectivity index (χ0n) is 48.6. The summed E-state index contributed by atoms with van der Waals surface area (Å²) in [6.07, 6.45) is 17.7. The number of unbranched alkanes of at least 4 members (excludes halogenated alkanes) is 31. The number of hydrogen-bond acceptors (Lipinski definition) is 18. The van der Waals surface area contributed by atoms with Gasteiger partial charge in [0.15, 0.2) is 18.9 Å². The van der Waals surface area contributed by atoms with Gasteiger partial charge in [-0.05, 0) is 19.3 Å². The van der Waals surface area contributed by atoms with Crippen molar-refractivity contribution < 1.29 is 89.4 Å². The molecule has 3 heterocycles. The molecule has 0 saturated carbocycles. The van der Waals surface area contributed by atoms with E-state index in [1.54, 1.807) is 6.08 Å². The highest BCUT2D eigenvalue weighted by Crippen LogP contribution is 2.33. The molecule has 1 amide bonds. The predicted octanol–water partition coefficient (Wildman–Crippen LogP) is 6.16. The highest BCUT2D eigenvalue weighted by atomic mass is 16.8. The molecular formula is C60H113NO18. The van der Waals surface area contributed by atoms with E-state index in [0.29, 0.717) is 6.42 Å². The molecule has 0 aromatic carbocycles. The third-order valence-corrected chi connectivity index (χ3v) is 16.1. The lowest BCUT2D eigenvalue weighted by Crippen LogP contribution is -2.66. The van der Waals surface area contributed by atoms with Gasteiger partial charge in [0.1, 0.15) is 73.2 Å². The fourth-order valence-corrected chi connectivity index (χ4v) is 10.9. The highest BCUT2D eigenvalue weighted by molar-refractivity contribution is 5.76. The van der Waals surface area contributed by atoms with Gasteiger partial charge in [0.05, 0.1) is 38.6 Å². The number of nitrogens with one attached hydrogen (secondary N) is 1. The van der Waals surface area contributed by atoms with E-state index < -0.39 is 124 Å². The normalized spacial score (nSPS) is 30.3. The van der Waals surface area contributed by atoms with Gasteiger partial charge in [0.2, 0.25) is 5.91 Å². The first kappa shape index (κ1) is 71.8. The van der Waals surface area contributed by atoms with E-state index in [0.717, 1.165) is 44.9 Å². The summed E-state index contributed by atoms with van der Waals surface area (Å²) < 4.78 is 34.2. The van der Waals surface area contributed by atoms with E-state index in [-0.39, 0.29) is 18.9 Å². The van der Waals surface area contributed by atoms with E-state index in [9.17, 15) is 61.0 Å². The molecule has 3 fully saturated rings. The number of allylic oxidation sites excluding steroid dienone is 1. The van der Waals surface area contributed by atoms with Crippen LogP contribution in [0.15, 0.2) is 12.2 Å². The van der Waals surface area contributed by atoms with E-state index in [4.69, 9.17) is 28.4 Å². The van der Waals surface area contributed by atoms with Crippen molar-refractivity contribution >= 4 is 5.91 Å². The van der Waals surface area contributed by atoms with Crippen LogP contribution in [0.2, 0.25) is 0 Å². The molecule has 0 bridgehead atoms. The topological polar surface area (TPSA) is 307 Å². The van der Waals surface area contributed by atoms with Gasteiger partial charge in [-0.3, -0.25) is 4.79 Å². The molecule has 0 radical (unpaired) electrons. The molecule has 0 aromatic heterocycles. The minimum atomic E-state index is -1.97. The van der Waals surface area contributed by atoms with E-state index in [2.05, 4.69) is 19.2 Å². The van der Waals surface area contributed by atoms with Crippen LogP contribution in [0.5, 0.6) is 0 Å². The van der Waals surface area contributed by atoms with Crippen LogP contribution < -0.4 is 5.32 Å². The monoisotopic (exact) mass is 1140 g/mol. The molecule has 466 valence electrons. The van der Waals surface area contributed by atoms with Gasteiger partial charge in [-0.1, -0.05) is 219 Å². The van der Waals surface area contributed by atoms with Crippen LogP contribution >= 0.6 is 0 Å². The fourth-order valence-electron chi connectivity index (χ4n) is 10.9. The molecule has 3 rings (SSSR count). The largest absolute Gasteiger partial charge is 0.394 e. The molecular weight excluding hydrogens is 1020 g/mol. The van der Waals surface area contributed by atoms with Crippen LogP contribution in [0.25, 0.3) is 0 Å². The van der Waals surface area contributed by atoms with Crippen LogP contribution in [-0.2, 0) is 33.2 Å². The lowest BCUT2D eigenvalue weighted by molar-refractivity contribution is -0.379. The lowest BCUT2D eigenvalue weighted by atomic mass is 9.96. The Bertz CT molecular complexity index is 1500. The van der Waals surface area contributed by atoms with E-state index >= 15 is 0 Å². The van der Waals surface area contributed by atoms with Gasteiger partial charge in [0.25, 0.3) is 0 Å². The van der Waals surface area contributed by atoms with Gasteiger partial charge >= 0.3 is 0 Å². The number of hydrogen-bond donors (Lipinski definition) is 12. The Balaban J connectivity index is 1.45. The van der Waals surface area contributed by atoms with Crippen molar-refractivity contribution in [2.75, 3.05) is 26.4 Å². The third kappa shape index (κ3) is 27.9. The second-order valence-electron chi connectivity index (χ2n) is 22.9. The van der Waals surface area contributed by atoms with Gasteiger partial charge < -0.3 is 89.9 Å². The number of amides is 1. The summed E-state index contributed by atoms with van der Waals surface area (Å²) in [4.78, 5) is 13.3. The number of carbonyl (C=O) groups excluding carboxylic acids is 1. The van der Waals surface area contributed by atoms with Gasteiger partial charge in [0, 0.05) is 6.42 Å². The van der Waals surface area contributed by atoms with Crippen LogP contribution in [0.1, 0.15) is 232 Å². The van der Waals surface area contributed by atoms with Crippen molar-refractivity contribution in [3.63, 3.8) is 0 Å². The van der Waals surface area contributed by atoms with Gasteiger partial charge in [-0.15, -0.1) is 0 Å². The second-order valence-corrected chi connectivity index (χ2v) is 22.9. The Kier molecular flexibility index (Phi) is 40.1. The third-order valence-electron chi connectivity index (χ3n) is 16.1. The molecule has 17 unspecified atom stereocenters. The maximum atomic E-state index is 13.3. The fraction of sp³-hybridized carbons (Fsp3) is 0.950. The standard InChI is InChI=1S/C60H113NO18/c1-3-5-7-9-11-13-15-17-18-19-20-21-22-23-24-25-26-28-30-32-34-36-38-48(66)61-43(44(65)37-35-33-31-29-27-16-14-12-10-8-6-4-2)42-74-58-54(72)51(69)56(46(40-63)76-58)79-60-55(73)52(70)57(47(41-64)77-60)78-59-53(71)50(68)49(67)45(39-62)75-59/h35,37,43-47,49-60,62-65,67-73H,3-34,36,38-42H2,1-2H3,(H,61,66)/b37-35+. The molecule has 3 aliphatic heterocycles. The Morgan fingerprint density at radius 3 is 1.19 bits per heavy atom. The molecule has 3 aliphatic rings. The Morgan fingerprint density at radius 1 is 0.443 bits per heavy atom. The van der Waals surface area contributed by atoms with Crippen LogP contribution in [0.4, 0.5) is 0 Å². The average Bonchev–Trinajstić information content (AvgIpc) is 3.58. The molecule has 0 spiro atoms. The van der Waals surface area contributed by atoms with Crippen molar-refractivity contribution in [1.82, 2.24) is 5.32 Å². The molecule has 3 saturated heterocycles. The minimum absolute atomic E-state index is 0.249. The Morgan fingerprint density at radius 2 is 0.785 bits per heavy atom. The molecule has 19 heteroatoms. The van der Waals surface area contributed by atoms with Crippen molar-refractivity contribution in [2.24, 2.45) is 0 Å². The summed E-state index contributed by atoms with van der Waals surface area (Å²) in [5, 5.41) is 120. The zero-order valence-corrected chi connectivity index (χ0v) is 48.6. The van der Waals surface area contributed by atoms with Gasteiger partial charge in [-0.2, -0.15) is 0 Å². The predicted molar refractivity (Wildman–Crippen MR) is 300 cm³/mol. The highest BCUT2D eigenvalue weighted by Gasteiger charge is 2.53. The molecule has 79 heavy (non-hydrogen) atoms. The summed E-state index contributed by atoms with van der Waals surface area (Å²) >= 11 is 0. The maximum absolute atomic E-state index is 13.3. The molecule has 0 aliphatic carbocycles. The smallest absolute Gasteiger partial charge is 0.220 e. The molecule has 19 nitrogen and oxygen atoms in total. The Labute approximate surface area is 474 Å². The molecule has 17 atom stereocenters. The van der Waals surface area contributed by atoms with Crippen molar-refractivity contribution in [2.45, 2.75) is 336 Å². The first-order chi connectivity index (χ1) is 38.3. The van der Waals surface area contributed by atoms with Crippen molar-refractivity contribution in [3.8, 4) is 0 Å². The first-order valence-corrected chi connectivity index (χ1v) is 31.4. The number of ether oxygens (including phenoxy) is 6. The average molecular weight is 1140 g/mol. The number of aliphatic hydroxyl groups is 11. The summed E-state index contributed by atoms with van der Waals surface area (Å²) in [6.45, 7) is 1.73. The minimum Gasteiger partial charge on any atom is -0.394 e. The first-order valence-electron chi connectivity index (χ1n) is 31.4. The number of carbonyl (C=O) groups is 1. The van der Waals surface area contributed by atoms with Crippen LogP contribution in [0.3, 0.4) is 0 Å².